The number of amides is 2. The predicted molar refractivity (Wildman–Crippen MR) is 117 cm³/mol. The van der Waals surface area contributed by atoms with Crippen molar-refractivity contribution in [3.63, 3.8) is 0 Å². The molecular formula is C21H21ClN4O2S. The Kier molecular flexibility index (Phi) is 6.20. The monoisotopic (exact) mass is 428 g/mol. The number of benzene rings is 1. The Morgan fingerprint density at radius 3 is 2.59 bits per heavy atom. The summed E-state index contributed by atoms with van der Waals surface area (Å²) in [5, 5.41) is 8.10. The number of halogens is 1. The topological polar surface area (TPSA) is 90.0 Å². The maximum Gasteiger partial charge on any atom is 0.251 e. The van der Waals surface area contributed by atoms with Gasteiger partial charge in [0.15, 0.2) is 0 Å². The molecule has 0 aliphatic rings. The van der Waals surface area contributed by atoms with Gasteiger partial charge in [0, 0.05) is 16.5 Å². The molecule has 29 heavy (non-hydrogen) atoms. The van der Waals surface area contributed by atoms with E-state index in [-0.39, 0.29) is 5.91 Å². The van der Waals surface area contributed by atoms with Gasteiger partial charge in [0.2, 0.25) is 5.91 Å². The average molecular weight is 429 g/mol. The quantitative estimate of drug-likeness (QED) is 0.573. The largest absolute Gasteiger partial charge is 0.365 e. The van der Waals surface area contributed by atoms with Crippen molar-refractivity contribution in [1.29, 1.82) is 0 Å². The van der Waals surface area contributed by atoms with Crippen molar-refractivity contribution >= 4 is 45.8 Å². The molecule has 2 heterocycles. The van der Waals surface area contributed by atoms with Crippen LogP contribution in [0.25, 0.3) is 6.08 Å². The Morgan fingerprint density at radius 1 is 1.24 bits per heavy atom. The van der Waals surface area contributed by atoms with Gasteiger partial charge < -0.3 is 11.1 Å². The van der Waals surface area contributed by atoms with Gasteiger partial charge in [-0.25, -0.2) is 4.68 Å². The highest BCUT2D eigenvalue weighted by Gasteiger charge is 2.18. The van der Waals surface area contributed by atoms with Crippen LogP contribution in [0, 0.1) is 20.8 Å². The number of aromatic nitrogens is 2. The number of primary amides is 1. The zero-order chi connectivity index (χ0) is 21.1. The molecule has 6 nitrogen and oxygen atoms in total. The first kappa shape index (κ1) is 20.8. The lowest BCUT2D eigenvalue weighted by atomic mass is 10.1. The van der Waals surface area contributed by atoms with Crippen LogP contribution < -0.4 is 11.1 Å². The van der Waals surface area contributed by atoms with Crippen molar-refractivity contribution in [2.24, 2.45) is 5.73 Å². The molecule has 0 saturated heterocycles. The lowest BCUT2D eigenvalue weighted by molar-refractivity contribution is -0.111. The number of rotatable bonds is 6. The summed E-state index contributed by atoms with van der Waals surface area (Å²) < 4.78 is 1.70. The minimum Gasteiger partial charge on any atom is -0.365 e. The van der Waals surface area contributed by atoms with E-state index in [1.54, 1.807) is 10.8 Å². The standard InChI is InChI=1S/C21H21ClN4O2S/c1-12-14(3)29-21(18(12)20(23)28)24-17(27)10-9-16-13(2)25-26(19(16)22)11-15-7-5-4-6-8-15/h4-10H,11H2,1-3H3,(H2,23,28)(H,24,27)/b10-9+. The molecule has 0 spiro atoms. The Bertz CT molecular complexity index is 1100. The smallest absolute Gasteiger partial charge is 0.251 e. The fraction of sp³-hybridized carbons (Fsp3) is 0.190. The number of nitrogens with one attached hydrogen (secondary N) is 1. The molecule has 3 aromatic rings. The van der Waals surface area contributed by atoms with Crippen LogP contribution in [0.4, 0.5) is 5.00 Å². The van der Waals surface area contributed by atoms with Crippen molar-refractivity contribution in [1.82, 2.24) is 9.78 Å². The zero-order valence-corrected chi connectivity index (χ0v) is 17.9. The predicted octanol–water partition coefficient (Wildman–Crippen LogP) is 4.32. The molecule has 3 N–H and O–H groups in total. The lowest BCUT2D eigenvalue weighted by Crippen LogP contribution is -2.16. The third-order valence-electron chi connectivity index (χ3n) is 4.55. The number of nitrogens with two attached hydrogens (primary N) is 1. The Labute approximate surface area is 178 Å². The molecule has 0 fully saturated rings. The SMILES string of the molecule is Cc1nn(Cc2ccccc2)c(Cl)c1/C=C/C(=O)Nc1sc(C)c(C)c1C(N)=O. The van der Waals surface area contributed by atoms with Gasteiger partial charge >= 0.3 is 0 Å². The molecule has 3 rings (SSSR count). The van der Waals surface area contributed by atoms with E-state index in [9.17, 15) is 9.59 Å². The van der Waals surface area contributed by atoms with Gasteiger partial charge in [0.1, 0.15) is 10.2 Å². The Hall–Kier alpha value is -2.90. The zero-order valence-electron chi connectivity index (χ0n) is 16.3. The summed E-state index contributed by atoms with van der Waals surface area (Å²) in [5.41, 5.74) is 9.04. The van der Waals surface area contributed by atoms with Crippen LogP contribution in [-0.4, -0.2) is 21.6 Å². The molecule has 1 aromatic carbocycles. The number of hydrogen-bond donors (Lipinski definition) is 2. The van der Waals surface area contributed by atoms with Gasteiger partial charge in [-0.1, -0.05) is 41.9 Å². The van der Waals surface area contributed by atoms with Gasteiger partial charge in [-0.3, -0.25) is 9.59 Å². The van der Waals surface area contributed by atoms with Crippen LogP contribution in [-0.2, 0) is 11.3 Å². The van der Waals surface area contributed by atoms with Crippen molar-refractivity contribution in [3.05, 3.63) is 74.4 Å². The molecule has 8 heteroatoms. The number of aryl methyl sites for hydroxylation is 2. The highest BCUT2D eigenvalue weighted by atomic mass is 35.5. The highest BCUT2D eigenvalue weighted by Crippen LogP contribution is 2.32. The van der Waals surface area contributed by atoms with Gasteiger partial charge in [0.05, 0.1) is 17.8 Å². The van der Waals surface area contributed by atoms with E-state index in [4.69, 9.17) is 17.3 Å². The second-order valence-electron chi connectivity index (χ2n) is 6.61. The summed E-state index contributed by atoms with van der Waals surface area (Å²) in [4.78, 5) is 25.0. The van der Waals surface area contributed by atoms with E-state index >= 15 is 0 Å². The second-order valence-corrected chi connectivity index (χ2v) is 8.19. The molecule has 0 bridgehead atoms. The lowest BCUT2D eigenvalue weighted by Gasteiger charge is -2.03. The fourth-order valence-corrected chi connectivity index (χ4v) is 4.31. The maximum atomic E-state index is 12.4. The molecule has 0 saturated carbocycles. The van der Waals surface area contributed by atoms with Gasteiger partial charge in [-0.05, 0) is 38.0 Å². The second kappa shape index (κ2) is 8.63. The van der Waals surface area contributed by atoms with Crippen LogP contribution >= 0.6 is 22.9 Å². The molecule has 2 amide bonds. The molecule has 0 aliphatic heterocycles. The van der Waals surface area contributed by atoms with Gasteiger partial charge in [-0.15, -0.1) is 11.3 Å². The van der Waals surface area contributed by atoms with E-state index < -0.39 is 5.91 Å². The summed E-state index contributed by atoms with van der Waals surface area (Å²) in [7, 11) is 0. The first-order valence-corrected chi connectivity index (χ1v) is 10.1. The normalized spacial score (nSPS) is 11.2. The summed E-state index contributed by atoms with van der Waals surface area (Å²) in [6.45, 7) is 6.06. The number of anilines is 1. The minimum atomic E-state index is -0.563. The van der Waals surface area contributed by atoms with Crippen LogP contribution in [0.15, 0.2) is 36.4 Å². The highest BCUT2D eigenvalue weighted by molar-refractivity contribution is 7.16. The fourth-order valence-electron chi connectivity index (χ4n) is 2.94. The molecule has 150 valence electrons. The molecular weight excluding hydrogens is 408 g/mol. The Morgan fingerprint density at radius 2 is 1.93 bits per heavy atom. The maximum absolute atomic E-state index is 12.4. The summed E-state index contributed by atoms with van der Waals surface area (Å²) in [5.74, 6) is -0.938. The summed E-state index contributed by atoms with van der Waals surface area (Å²) in [6, 6.07) is 9.86. The van der Waals surface area contributed by atoms with Crippen LogP contribution in [0.5, 0.6) is 0 Å². The van der Waals surface area contributed by atoms with E-state index in [0.717, 1.165) is 21.7 Å². The van der Waals surface area contributed by atoms with Crippen LogP contribution in [0.2, 0.25) is 5.15 Å². The number of carbonyl (C=O) groups excluding carboxylic acids is 2. The van der Waals surface area contributed by atoms with Crippen LogP contribution in [0.1, 0.15) is 37.6 Å². The van der Waals surface area contributed by atoms with Crippen molar-refractivity contribution < 1.29 is 9.59 Å². The number of hydrogen-bond acceptors (Lipinski definition) is 4. The van der Waals surface area contributed by atoms with E-state index in [2.05, 4.69) is 10.4 Å². The third kappa shape index (κ3) is 4.58. The molecule has 0 atom stereocenters. The molecule has 0 radical (unpaired) electrons. The molecule has 0 aliphatic carbocycles. The van der Waals surface area contributed by atoms with Crippen LogP contribution in [0.3, 0.4) is 0 Å². The van der Waals surface area contributed by atoms with Crippen molar-refractivity contribution in [2.75, 3.05) is 5.32 Å². The minimum absolute atomic E-state index is 0.346. The van der Waals surface area contributed by atoms with E-state index in [0.29, 0.717) is 27.8 Å². The first-order chi connectivity index (χ1) is 13.8. The Balaban J connectivity index is 1.77. The molecule has 2 aromatic heterocycles. The third-order valence-corrected chi connectivity index (χ3v) is 6.08. The van der Waals surface area contributed by atoms with Crippen molar-refractivity contribution in [3.8, 4) is 0 Å². The number of thiophene rings is 1. The summed E-state index contributed by atoms with van der Waals surface area (Å²) in [6.07, 6.45) is 3.00. The van der Waals surface area contributed by atoms with Gasteiger partial charge in [0.25, 0.3) is 5.91 Å². The van der Waals surface area contributed by atoms with Gasteiger partial charge in [-0.2, -0.15) is 5.10 Å². The summed E-state index contributed by atoms with van der Waals surface area (Å²) >= 11 is 7.79. The number of carbonyl (C=O) groups is 2. The first-order valence-electron chi connectivity index (χ1n) is 8.93. The van der Waals surface area contributed by atoms with E-state index in [1.165, 1.54) is 17.4 Å². The average Bonchev–Trinajstić information content (AvgIpc) is 3.09. The van der Waals surface area contributed by atoms with Crippen molar-refractivity contribution in [2.45, 2.75) is 27.3 Å². The molecule has 0 unspecified atom stereocenters. The number of nitrogens with zero attached hydrogens (tertiary/aromatic N) is 2. The van der Waals surface area contributed by atoms with E-state index in [1.807, 2.05) is 51.1 Å².